The lowest BCUT2D eigenvalue weighted by molar-refractivity contribution is -0.144. The van der Waals surface area contributed by atoms with E-state index in [2.05, 4.69) is 15.9 Å². The van der Waals surface area contributed by atoms with Crippen LogP contribution in [0.4, 0.5) is 5.69 Å². The second-order valence-electron chi connectivity index (χ2n) is 8.20. The van der Waals surface area contributed by atoms with Gasteiger partial charge in [-0.25, -0.2) is 4.90 Å². The van der Waals surface area contributed by atoms with Crippen LogP contribution in [-0.2, 0) is 25.7 Å². The number of methoxy groups -OCH3 is 1. The predicted molar refractivity (Wildman–Crippen MR) is 140 cm³/mol. The van der Waals surface area contributed by atoms with E-state index in [1.54, 1.807) is 44.4 Å². The maximum absolute atomic E-state index is 13.9. The van der Waals surface area contributed by atoms with Crippen LogP contribution in [0.5, 0.6) is 5.75 Å². The number of hydrogen-bond donors (Lipinski definition) is 0. The van der Waals surface area contributed by atoms with E-state index in [1.165, 1.54) is 9.47 Å². The zero-order valence-electron chi connectivity index (χ0n) is 19.3. The third-order valence-corrected chi connectivity index (χ3v) is 9.33. The molecule has 1 aromatic heterocycles. The fourth-order valence-electron chi connectivity index (χ4n) is 4.69. The number of rotatable bonds is 6. The van der Waals surface area contributed by atoms with Crippen LogP contribution in [0.2, 0.25) is 0 Å². The number of ether oxygens (including phenoxy) is 2. The van der Waals surface area contributed by atoms with Crippen LogP contribution in [0.3, 0.4) is 0 Å². The summed E-state index contributed by atoms with van der Waals surface area (Å²) in [6.07, 6.45) is 0. The van der Waals surface area contributed by atoms with Crippen LogP contribution < -0.4 is 14.5 Å². The molecule has 2 aliphatic rings. The largest absolute Gasteiger partial charge is 0.496 e. The fourth-order valence-corrected chi connectivity index (χ4v) is 7.72. The van der Waals surface area contributed by atoms with Crippen molar-refractivity contribution in [1.29, 1.82) is 0 Å². The van der Waals surface area contributed by atoms with E-state index in [1.807, 2.05) is 18.2 Å². The van der Waals surface area contributed by atoms with Gasteiger partial charge in [-0.3, -0.25) is 23.7 Å². The molecule has 1 fully saturated rings. The average molecular weight is 589 g/mol. The maximum Gasteiger partial charge on any atom is 0.326 e. The molecule has 8 nitrogen and oxygen atoms in total. The number of anilines is 1. The molecular formula is C25H21BrN2O6S2. The van der Waals surface area contributed by atoms with Crippen molar-refractivity contribution in [2.75, 3.05) is 18.6 Å². The van der Waals surface area contributed by atoms with Crippen molar-refractivity contribution in [3.05, 3.63) is 73.1 Å². The van der Waals surface area contributed by atoms with Crippen molar-refractivity contribution >= 4 is 62.5 Å². The number of amides is 2. The summed E-state index contributed by atoms with van der Waals surface area (Å²) in [6.45, 7) is 1.62. The SMILES string of the molecule is CCOC(=O)Cn1c2c(sc1=O)C(c1ccccc1OC)C1C(=O)N(c3ccc(Br)cc3)C(=O)C1S2. The Labute approximate surface area is 223 Å². The normalized spacial score (nSPS) is 20.8. The highest BCUT2D eigenvalue weighted by Gasteiger charge is 2.57. The van der Waals surface area contributed by atoms with Crippen molar-refractivity contribution in [3.8, 4) is 5.75 Å². The molecule has 0 N–H and O–H groups in total. The fraction of sp³-hybridized carbons (Fsp3) is 0.280. The number of carbonyl (C=O) groups excluding carboxylic acids is 3. The summed E-state index contributed by atoms with van der Waals surface area (Å²) in [6, 6.07) is 14.3. The molecule has 0 radical (unpaired) electrons. The summed E-state index contributed by atoms with van der Waals surface area (Å²) in [7, 11) is 1.54. The Bertz CT molecular complexity index is 1420. The Morgan fingerprint density at radius 1 is 1.06 bits per heavy atom. The van der Waals surface area contributed by atoms with Gasteiger partial charge in [0, 0.05) is 20.8 Å². The van der Waals surface area contributed by atoms with Gasteiger partial charge in [0.25, 0.3) is 0 Å². The number of aromatic nitrogens is 1. The number of esters is 1. The Kier molecular flexibility index (Phi) is 6.80. The van der Waals surface area contributed by atoms with E-state index in [0.717, 1.165) is 27.6 Å². The van der Waals surface area contributed by atoms with Gasteiger partial charge in [-0.1, -0.05) is 57.2 Å². The molecule has 186 valence electrons. The summed E-state index contributed by atoms with van der Waals surface area (Å²) in [5.74, 6) is -2.02. The molecular weight excluding hydrogens is 568 g/mol. The van der Waals surface area contributed by atoms with Crippen molar-refractivity contribution < 1.29 is 23.9 Å². The summed E-state index contributed by atoms with van der Waals surface area (Å²) in [4.78, 5) is 54.4. The minimum absolute atomic E-state index is 0.191. The van der Waals surface area contributed by atoms with E-state index >= 15 is 0 Å². The van der Waals surface area contributed by atoms with Gasteiger partial charge in [0.05, 0.1) is 30.3 Å². The topological polar surface area (TPSA) is 94.9 Å². The minimum Gasteiger partial charge on any atom is -0.496 e. The van der Waals surface area contributed by atoms with Gasteiger partial charge in [0.2, 0.25) is 11.8 Å². The molecule has 0 bridgehead atoms. The number of carbonyl (C=O) groups is 3. The standard InChI is InChI=1S/C25H21BrN2O6S2/c1-3-34-17(29)12-27-24-21(36-25(27)32)18(15-6-4-5-7-16(15)33-2)19-20(35-24)23(31)28(22(19)30)14-10-8-13(26)9-11-14/h4-11,18-20H,3,12H2,1-2H3. The van der Waals surface area contributed by atoms with E-state index < -0.39 is 23.1 Å². The maximum atomic E-state index is 13.9. The third-order valence-electron chi connectivity index (χ3n) is 6.20. The summed E-state index contributed by atoms with van der Waals surface area (Å²) in [5, 5.41) is -0.264. The molecule has 1 saturated heterocycles. The van der Waals surface area contributed by atoms with Crippen LogP contribution in [-0.4, -0.2) is 41.3 Å². The Balaban J connectivity index is 1.67. The average Bonchev–Trinajstić information content (AvgIpc) is 3.31. The lowest BCUT2D eigenvalue weighted by Crippen LogP contribution is -2.33. The Morgan fingerprint density at radius 2 is 1.78 bits per heavy atom. The molecule has 3 aromatic rings. The van der Waals surface area contributed by atoms with Gasteiger partial charge in [-0.15, -0.1) is 0 Å². The molecule has 2 amide bonds. The first-order chi connectivity index (χ1) is 17.3. The number of nitrogens with zero attached hydrogens (tertiary/aromatic N) is 2. The molecule has 2 aliphatic heterocycles. The van der Waals surface area contributed by atoms with E-state index in [0.29, 0.717) is 26.9 Å². The molecule has 5 rings (SSSR count). The number of thioether (sulfide) groups is 1. The minimum atomic E-state index is -0.772. The van der Waals surface area contributed by atoms with Crippen LogP contribution >= 0.6 is 39.0 Å². The number of para-hydroxylation sites is 1. The van der Waals surface area contributed by atoms with Gasteiger partial charge in [0.1, 0.15) is 17.5 Å². The quantitative estimate of drug-likeness (QED) is 0.317. The van der Waals surface area contributed by atoms with Crippen LogP contribution in [0, 0.1) is 5.92 Å². The zero-order valence-corrected chi connectivity index (χ0v) is 22.5. The van der Waals surface area contributed by atoms with Gasteiger partial charge < -0.3 is 9.47 Å². The number of benzene rings is 2. The predicted octanol–water partition coefficient (Wildman–Crippen LogP) is 4.04. The van der Waals surface area contributed by atoms with Gasteiger partial charge in [0.15, 0.2) is 0 Å². The smallest absolute Gasteiger partial charge is 0.326 e. The highest BCUT2D eigenvalue weighted by atomic mass is 79.9. The van der Waals surface area contributed by atoms with Crippen molar-refractivity contribution in [2.45, 2.75) is 29.7 Å². The summed E-state index contributed by atoms with van der Waals surface area (Å²) < 4.78 is 12.8. The lowest BCUT2D eigenvalue weighted by Gasteiger charge is -2.31. The third kappa shape index (κ3) is 4.08. The van der Waals surface area contributed by atoms with Gasteiger partial charge in [-0.2, -0.15) is 0 Å². The molecule has 3 unspecified atom stereocenters. The molecule has 11 heteroatoms. The number of hydrogen-bond acceptors (Lipinski definition) is 8. The highest BCUT2D eigenvalue weighted by molar-refractivity contribution is 9.10. The molecule has 3 atom stereocenters. The van der Waals surface area contributed by atoms with E-state index in [-0.39, 0.29) is 29.8 Å². The molecule has 3 heterocycles. The number of halogens is 1. The van der Waals surface area contributed by atoms with Crippen LogP contribution in [0.1, 0.15) is 23.3 Å². The highest BCUT2D eigenvalue weighted by Crippen LogP contribution is 2.55. The molecule has 36 heavy (non-hydrogen) atoms. The number of imide groups is 1. The number of thiazole rings is 1. The van der Waals surface area contributed by atoms with Crippen LogP contribution in [0.25, 0.3) is 0 Å². The first-order valence-electron chi connectivity index (χ1n) is 11.2. The second-order valence-corrected chi connectivity index (χ2v) is 11.2. The monoisotopic (exact) mass is 588 g/mol. The number of fused-ring (bicyclic) bond motifs is 2. The Hall–Kier alpha value is -2.89. The van der Waals surface area contributed by atoms with Crippen LogP contribution in [0.15, 0.2) is 62.8 Å². The van der Waals surface area contributed by atoms with Gasteiger partial charge >= 0.3 is 10.8 Å². The van der Waals surface area contributed by atoms with Crippen molar-refractivity contribution in [1.82, 2.24) is 4.57 Å². The van der Waals surface area contributed by atoms with E-state index in [4.69, 9.17) is 9.47 Å². The Morgan fingerprint density at radius 3 is 2.47 bits per heavy atom. The van der Waals surface area contributed by atoms with Gasteiger partial charge in [-0.05, 0) is 37.3 Å². The molecule has 2 aromatic carbocycles. The first kappa shape index (κ1) is 24.8. The lowest BCUT2D eigenvalue weighted by atomic mass is 9.82. The molecule has 0 saturated carbocycles. The molecule has 0 aliphatic carbocycles. The van der Waals surface area contributed by atoms with E-state index in [9.17, 15) is 19.2 Å². The zero-order chi connectivity index (χ0) is 25.6. The van der Waals surface area contributed by atoms with Crippen molar-refractivity contribution in [2.24, 2.45) is 5.92 Å². The molecule has 0 spiro atoms. The van der Waals surface area contributed by atoms with Crippen molar-refractivity contribution in [3.63, 3.8) is 0 Å². The summed E-state index contributed by atoms with van der Waals surface area (Å²) in [5.41, 5.74) is 1.19. The summed E-state index contributed by atoms with van der Waals surface area (Å²) >= 11 is 5.53. The second kappa shape index (κ2) is 9.87. The first-order valence-corrected chi connectivity index (χ1v) is 13.7.